The molecule has 0 bridgehead atoms. The van der Waals surface area contributed by atoms with Crippen LogP contribution in [-0.2, 0) is 5.67 Å². The van der Waals surface area contributed by atoms with Gasteiger partial charge in [0.15, 0.2) is 0 Å². The Morgan fingerprint density at radius 2 is 1.36 bits per heavy atom. The number of alkyl halides is 9. The van der Waals surface area contributed by atoms with Crippen LogP contribution in [0.2, 0.25) is 0 Å². The average Bonchev–Trinajstić information content (AvgIpc) is 2.92. The van der Waals surface area contributed by atoms with Crippen LogP contribution in [0.15, 0.2) is 69.6 Å². The maximum Gasteiger partial charge on any atom is 0.457 e. The topological polar surface area (TPSA) is 73.2 Å². The molecule has 1 atom stereocenters. The molecular formula is C26H14Br2F9N3O2. The highest BCUT2D eigenvalue weighted by atomic mass is 79.9. The molecule has 3 aromatic rings. The van der Waals surface area contributed by atoms with E-state index in [0.717, 1.165) is 4.90 Å². The SMILES string of the molecule is CN(C(=O)c1cccc(C#N)c1)c1cccc(C(=O)Nc2c(Br)cc(C(F)(C(F)(F)F)C(F)(F)C(F)(F)F)cc2Br)c1. The van der Waals surface area contributed by atoms with Gasteiger partial charge in [0.05, 0.1) is 17.3 Å². The predicted molar refractivity (Wildman–Crippen MR) is 140 cm³/mol. The second-order valence-corrected chi connectivity index (χ2v) is 10.3. The zero-order valence-corrected chi connectivity index (χ0v) is 23.8. The van der Waals surface area contributed by atoms with E-state index in [2.05, 4.69) is 37.2 Å². The van der Waals surface area contributed by atoms with Gasteiger partial charge in [-0.2, -0.15) is 40.4 Å². The summed E-state index contributed by atoms with van der Waals surface area (Å²) in [6.07, 6.45) is -13.6. The highest BCUT2D eigenvalue weighted by Crippen LogP contribution is 2.59. The van der Waals surface area contributed by atoms with Crippen LogP contribution in [0.3, 0.4) is 0 Å². The summed E-state index contributed by atoms with van der Waals surface area (Å²) in [6, 6.07) is 13.2. The van der Waals surface area contributed by atoms with Gasteiger partial charge in [-0.1, -0.05) is 12.1 Å². The molecule has 0 aliphatic carbocycles. The maximum absolute atomic E-state index is 14.9. The summed E-state index contributed by atoms with van der Waals surface area (Å²) in [5, 5.41) is 11.3. The smallest absolute Gasteiger partial charge is 0.320 e. The first kappa shape index (κ1) is 32.9. The number of nitrogens with zero attached hydrogens (tertiary/aromatic N) is 2. The summed E-state index contributed by atoms with van der Waals surface area (Å²) in [6.45, 7) is 0. The van der Waals surface area contributed by atoms with Crippen LogP contribution in [0.1, 0.15) is 31.8 Å². The van der Waals surface area contributed by atoms with Crippen molar-refractivity contribution in [2.24, 2.45) is 0 Å². The van der Waals surface area contributed by atoms with Gasteiger partial charge in [0.25, 0.3) is 11.8 Å². The Morgan fingerprint density at radius 3 is 1.88 bits per heavy atom. The monoisotopic (exact) mass is 729 g/mol. The van der Waals surface area contributed by atoms with Crippen LogP contribution in [0, 0.1) is 11.3 Å². The Hall–Kier alpha value is -3.58. The van der Waals surface area contributed by atoms with Crippen molar-refractivity contribution in [2.75, 3.05) is 17.3 Å². The number of hydrogen-bond donors (Lipinski definition) is 1. The molecule has 0 heterocycles. The number of rotatable bonds is 6. The minimum absolute atomic E-state index is 0.0474. The molecule has 5 nitrogen and oxygen atoms in total. The van der Waals surface area contributed by atoms with Gasteiger partial charge in [-0.25, -0.2) is 4.39 Å². The molecular weight excluding hydrogens is 717 g/mol. The van der Waals surface area contributed by atoms with Crippen molar-refractivity contribution in [3.8, 4) is 6.07 Å². The molecule has 0 spiro atoms. The van der Waals surface area contributed by atoms with E-state index in [-0.39, 0.29) is 34.5 Å². The summed E-state index contributed by atoms with van der Waals surface area (Å²) in [4.78, 5) is 27.0. The Morgan fingerprint density at radius 1 is 0.810 bits per heavy atom. The van der Waals surface area contributed by atoms with E-state index in [1.807, 2.05) is 6.07 Å². The first-order valence-electron chi connectivity index (χ1n) is 11.2. The van der Waals surface area contributed by atoms with E-state index in [0.29, 0.717) is 0 Å². The second-order valence-electron chi connectivity index (χ2n) is 8.60. The molecule has 16 heteroatoms. The number of hydrogen-bond acceptors (Lipinski definition) is 3. The lowest BCUT2D eigenvalue weighted by Crippen LogP contribution is -2.59. The van der Waals surface area contributed by atoms with Crippen molar-refractivity contribution in [1.82, 2.24) is 0 Å². The highest BCUT2D eigenvalue weighted by molar-refractivity contribution is 9.11. The number of halogens is 11. The molecule has 0 saturated heterocycles. The number of nitrogens with one attached hydrogen (secondary N) is 1. The molecule has 0 aliphatic heterocycles. The third-order valence-electron chi connectivity index (χ3n) is 5.90. The van der Waals surface area contributed by atoms with Gasteiger partial charge in [-0.3, -0.25) is 9.59 Å². The molecule has 222 valence electrons. The highest BCUT2D eigenvalue weighted by Gasteiger charge is 2.81. The number of carbonyl (C=O) groups excluding carboxylic acids is 2. The van der Waals surface area contributed by atoms with Crippen molar-refractivity contribution in [3.63, 3.8) is 0 Å². The Bertz CT molecular complexity index is 1560. The Kier molecular flexibility index (Phi) is 9.09. The first-order valence-corrected chi connectivity index (χ1v) is 12.7. The standard InChI is InChI=1S/C26H14Br2F9N3O2/c1-40(22(42)15-6-2-4-13(8-15)12-38)17-7-3-5-14(9-17)21(41)39-20-18(27)10-16(11-19(20)28)23(29,25(32,33)34)24(30,31)26(35,36)37/h2-11H,1H3,(H,39,41). The van der Waals surface area contributed by atoms with Crippen molar-refractivity contribution >= 4 is 55.0 Å². The van der Waals surface area contributed by atoms with E-state index < -0.39 is 56.0 Å². The summed E-state index contributed by atoms with van der Waals surface area (Å²) < 4.78 is 120. The third kappa shape index (κ3) is 5.98. The number of benzene rings is 3. The van der Waals surface area contributed by atoms with Crippen LogP contribution in [0.5, 0.6) is 0 Å². The van der Waals surface area contributed by atoms with Crippen molar-refractivity contribution in [2.45, 2.75) is 23.9 Å². The molecule has 0 radical (unpaired) electrons. The molecule has 0 aliphatic rings. The quantitative estimate of drug-likeness (QED) is 0.259. The number of carbonyl (C=O) groups is 2. The van der Waals surface area contributed by atoms with Gasteiger partial charge in [0.1, 0.15) is 0 Å². The lowest BCUT2D eigenvalue weighted by atomic mass is 9.87. The number of amides is 2. The molecule has 1 N–H and O–H groups in total. The largest absolute Gasteiger partial charge is 0.457 e. The minimum Gasteiger partial charge on any atom is -0.320 e. The summed E-state index contributed by atoms with van der Waals surface area (Å²) in [7, 11) is 1.38. The van der Waals surface area contributed by atoms with Crippen LogP contribution in [0.4, 0.5) is 50.9 Å². The van der Waals surface area contributed by atoms with E-state index in [1.54, 1.807) is 0 Å². The fourth-order valence-electron chi connectivity index (χ4n) is 3.68. The zero-order chi connectivity index (χ0) is 31.8. The number of nitriles is 1. The Labute approximate surface area is 248 Å². The number of anilines is 2. The lowest BCUT2D eigenvalue weighted by Gasteiger charge is -2.36. The molecule has 0 fully saturated rings. The molecule has 2 amide bonds. The van der Waals surface area contributed by atoms with Crippen LogP contribution in [-0.4, -0.2) is 37.1 Å². The van der Waals surface area contributed by atoms with Crippen LogP contribution < -0.4 is 10.2 Å². The van der Waals surface area contributed by atoms with Crippen molar-refractivity contribution in [3.05, 3.63) is 91.9 Å². The summed E-state index contributed by atoms with van der Waals surface area (Å²) >= 11 is 5.38. The zero-order valence-electron chi connectivity index (χ0n) is 20.6. The van der Waals surface area contributed by atoms with Crippen molar-refractivity contribution in [1.29, 1.82) is 5.26 Å². The predicted octanol–water partition coefficient (Wildman–Crippen LogP) is 8.54. The van der Waals surface area contributed by atoms with Crippen LogP contribution in [0.25, 0.3) is 0 Å². The van der Waals surface area contributed by atoms with Crippen molar-refractivity contribution < 1.29 is 49.1 Å². The second kappa shape index (κ2) is 11.6. The van der Waals surface area contributed by atoms with Crippen LogP contribution >= 0.6 is 31.9 Å². The summed E-state index contributed by atoms with van der Waals surface area (Å²) in [5.74, 6) is -8.36. The molecule has 3 aromatic carbocycles. The molecule has 0 saturated carbocycles. The molecule has 0 aromatic heterocycles. The van der Waals surface area contributed by atoms with Gasteiger partial charge < -0.3 is 10.2 Å². The van der Waals surface area contributed by atoms with Gasteiger partial charge in [-0.15, -0.1) is 0 Å². The van der Waals surface area contributed by atoms with E-state index in [1.165, 1.54) is 55.6 Å². The molecule has 3 rings (SSSR count). The Balaban J connectivity index is 1.95. The third-order valence-corrected chi connectivity index (χ3v) is 7.15. The molecule has 1 unspecified atom stereocenters. The van der Waals surface area contributed by atoms with Gasteiger partial charge in [0.2, 0.25) is 0 Å². The lowest BCUT2D eigenvalue weighted by molar-refractivity contribution is -0.389. The average molecular weight is 731 g/mol. The molecule has 42 heavy (non-hydrogen) atoms. The van der Waals surface area contributed by atoms with E-state index in [9.17, 15) is 49.1 Å². The normalized spacial score (nSPS) is 13.6. The summed E-state index contributed by atoms with van der Waals surface area (Å²) in [5.41, 5.74) is -8.21. The first-order chi connectivity index (χ1) is 19.3. The fraction of sp³-hybridized carbons (Fsp3) is 0.192. The van der Waals surface area contributed by atoms with Gasteiger partial charge in [-0.05, 0) is 80.4 Å². The van der Waals surface area contributed by atoms with Gasteiger partial charge in [0, 0.05) is 38.4 Å². The van der Waals surface area contributed by atoms with E-state index >= 15 is 0 Å². The minimum atomic E-state index is -6.90. The van der Waals surface area contributed by atoms with Gasteiger partial charge >= 0.3 is 23.9 Å². The fourth-order valence-corrected chi connectivity index (χ4v) is 5.07. The maximum atomic E-state index is 14.9. The van der Waals surface area contributed by atoms with E-state index in [4.69, 9.17) is 5.26 Å².